The molecule has 0 aliphatic carbocycles. The molecule has 4 aromatic carbocycles. The smallest absolute Gasteiger partial charge is 0.258 e. The van der Waals surface area contributed by atoms with Crippen molar-refractivity contribution in [3.05, 3.63) is 100 Å². The van der Waals surface area contributed by atoms with Gasteiger partial charge in [0.2, 0.25) is 12.3 Å². The minimum Gasteiger partial charge on any atom is -0.496 e. The molecule has 43 heavy (non-hydrogen) atoms. The summed E-state index contributed by atoms with van der Waals surface area (Å²) in [6, 6.07) is 23.7. The van der Waals surface area contributed by atoms with Crippen molar-refractivity contribution >= 4 is 56.3 Å². The van der Waals surface area contributed by atoms with Gasteiger partial charge in [-0.1, -0.05) is 57.9 Å². The van der Waals surface area contributed by atoms with E-state index < -0.39 is 6.04 Å². The van der Waals surface area contributed by atoms with Gasteiger partial charge in [0.25, 0.3) is 5.91 Å². The molecular formula is C34H37BrN4O4. The number of nitrogens with one attached hydrogen (secondary N) is 2. The summed E-state index contributed by atoms with van der Waals surface area (Å²) >= 11 is 3.63. The number of aryl methyl sites for hydroxylation is 1. The average molecular weight is 646 g/mol. The highest BCUT2D eigenvalue weighted by molar-refractivity contribution is 9.10. The van der Waals surface area contributed by atoms with E-state index >= 15 is 0 Å². The van der Waals surface area contributed by atoms with Gasteiger partial charge in [-0.2, -0.15) is 0 Å². The summed E-state index contributed by atoms with van der Waals surface area (Å²) in [6.45, 7) is 5.98. The molecule has 0 heterocycles. The molecule has 4 rings (SSSR count). The quantitative estimate of drug-likeness (QED) is 0.189. The summed E-state index contributed by atoms with van der Waals surface area (Å²) < 4.78 is 6.64. The molecule has 0 saturated carbocycles. The van der Waals surface area contributed by atoms with Gasteiger partial charge in [0.1, 0.15) is 5.75 Å². The van der Waals surface area contributed by atoms with Gasteiger partial charge >= 0.3 is 0 Å². The number of halogens is 1. The Morgan fingerprint density at radius 2 is 1.63 bits per heavy atom. The highest BCUT2D eigenvalue weighted by Crippen LogP contribution is 2.36. The van der Waals surface area contributed by atoms with Crippen LogP contribution < -0.4 is 25.2 Å². The fourth-order valence-corrected chi connectivity index (χ4v) is 5.46. The Labute approximate surface area is 261 Å². The number of likely N-dealkylation sites (N-methyl/N-ethyl adjacent to an activating group) is 1. The first-order chi connectivity index (χ1) is 20.7. The van der Waals surface area contributed by atoms with Crippen molar-refractivity contribution in [1.82, 2.24) is 10.6 Å². The van der Waals surface area contributed by atoms with Crippen LogP contribution in [0.4, 0.5) is 11.4 Å². The fraction of sp³-hybridized carbons (Fsp3) is 0.265. The van der Waals surface area contributed by atoms with Crippen LogP contribution in [0.25, 0.3) is 10.8 Å². The number of ether oxygens (including phenoxy) is 1. The van der Waals surface area contributed by atoms with E-state index in [4.69, 9.17) is 4.74 Å². The third-order valence-electron chi connectivity index (χ3n) is 7.45. The van der Waals surface area contributed by atoms with E-state index in [1.807, 2.05) is 80.6 Å². The van der Waals surface area contributed by atoms with Crippen LogP contribution in [-0.4, -0.2) is 51.0 Å². The summed E-state index contributed by atoms with van der Waals surface area (Å²) in [5.74, 6) is 0.236. The Kier molecular flexibility index (Phi) is 10.6. The second kappa shape index (κ2) is 14.3. The topological polar surface area (TPSA) is 91.0 Å². The zero-order valence-corrected chi connectivity index (χ0v) is 26.6. The molecule has 0 aliphatic heterocycles. The van der Waals surface area contributed by atoms with Crippen LogP contribution >= 0.6 is 15.9 Å². The molecule has 0 bridgehead atoms. The summed E-state index contributed by atoms with van der Waals surface area (Å²) in [6.07, 6.45) is 0.767. The fourth-order valence-electron chi connectivity index (χ4n) is 4.96. The number of benzene rings is 4. The molecule has 0 aromatic heterocycles. The average Bonchev–Trinajstić information content (AvgIpc) is 3.02. The van der Waals surface area contributed by atoms with Gasteiger partial charge in [0.15, 0.2) is 0 Å². The van der Waals surface area contributed by atoms with Crippen molar-refractivity contribution in [1.29, 1.82) is 0 Å². The number of para-hydroxylation sites is 2. The zero-order chi connectivity index (χ0) is 31.1. The van der Waals surface area contributed by atoms with E-state index in [2.05, 4.69) is 26.6 Å². The molecular weight excluding hydrogens is 608 g/mol. The van der Waals surface area contributed by atoms with E-state index in [-0.39, 0.29) is 30.9 Å². The lowest BCUT2D eigenvalue weighted by Gasteiger charge is -2.31. The summed E-state index contributed by atoms with van der Waals surface area (Å²) in [4.78, 5) is 42.7. The van der Waals surface area contributed by atoms with E-state index in [0.29, 0.717) is 22.7 Å². The van der Waals surface area contributed by atoms with Gasteiger partial charge in [0.05, 0.1) is 31.1 Å². The normalized spacial score (nSPS) is 12.3. The summed E-state index contributed by atoms with van der Waals surface area (Å²) in [5.41, 5.74) is 3.47. The molecule has 3 amide bonds. The molecule has 0 aliphatic rings. The van der Waals surface area contributed by atoms with Crippen molar-refractivity contribution in [2.24, 2.45) is 0 Å². The number of rotatable bonds is 12. The highest BCUT2D eigenvalue weighted by Gasteiger charge is 2.26. The van der Waals surface area contributed by atoms with Crippen LogP contribution in [-0.2, 0) is 16.1 Å². The standard InChI is InChI=1S/C34H37BrN4O4/c1-22-13-15-25(16-14-22)34(42)39(19-23(2)37-33(41)24(3)36-4)31-12-7-6-11-30(31)38(21-40)20-28-26-9-8-10-29(35)27(26)17-18-32(28)43-5/h6-18,21,23-24,36H,19-20H2,1-5H3,(H,37,41)/t23?,24-/m0/s1. The number of anilines is 2. The monoisotopic (exact) mass is 644 g/mol. The van der Waals surface area contributed by atoms with Gasteiger partial charge < -0.3 is 25.2 Å². The summed E-state index contributed by atoms with van der Waals surface area (Å²) in [7, 11) is 3.32. The van der Waals surface area contributed by atoms with E-state index in [1.165, 1.54) is 0 Å². The Bertz CT molecular complexity index is 1610. The maximum absolute atomic E-state index is 14.1. The van der Waals surface area contributed by atoms with Crippen molar-refractivity contribution in [2.75, 3.05) is 30.5 Å². The third-order valence-corrected chi connectivity index (χ3v) is 8.14. The molecule has 8 nitrogen and oxygen atoms in total. The van der Waals surface area contributed by atoms with Gasteiger partial charge in [-0.05, 0) is 81.1 Å². The minimum absolute atomic E-state index is 0.172. The van der Waals surface area contributed by atoms with Gasteiger partial charge in [-0.3, -0.25) is 14.4 Å². The van der Waals surface area contributed by atoms with E-state index in [0.717, 1.165) is 32.8 Å². The molecule has 9 heteroatoms. The van der Waals surface area contributed by atoms with Gasteiger partial charge in [0, 0.05) is 28.2 Å². The Hall–Kier alpha value is -4.21. The second-order valence-electron chi connectivity index (χ2n) is 10.5. The molecule has 2 N–H and O–H groups in total. The van der Waals surface area contributed by atoms with E-state index in [9.17, 15) is 14.4 Å². The lowest BCUT2D eigenvalue weighted by molar-refractivity contribution is -0.123. The molecule has 0 fully saturated rings. The Morgan fingerprint density at radius 3 is 2.28 bits per heavy atom. The number of hydrogen-bond donors (Lipinski definition) is 2. The lowest BCUT2D eigenvalue weighted by Crippen LogP contribution is -2.49. The van der Waals surface area contributed by atoms with Gasteiger partial charge in [-0.25, -0.2) is 0 Å². The number of nitrogens with zero attached hydrogens (tertiary/aromatic N) is 2. The molecule has 0 spiro atoms. The SMILES string of the molecule is CN[C@@H](C)C(=O)NC(C)CN(C(=O)c1ccc(C)cc1)c1ccccc1N(C=O)Cc1c(OC)ccc2c(Br)cccc12. The maximum atomic E-state index is 14.1. The Morgan fingerprint density at radius 1 is 0.930 bits per heavy atom. The summed E-state index contributed by atoms with van der Waals surface area (Å²) in [5, 5.41) is 7.87. The number of hydrogen-bond acceptors (Lipinski definition) is 5. The van der Waals surface area contributed by atoms with Crippen molar-refractivity contribution in [3.63, 3.8) is 0 Å². The van der Waals surface area contributed by atoms with Crippen LogP contribution in [0.15, 0.2) is 83.3 Å². The van der Waals surface area contributed by atoms with Crippen LogP contribution in [0.5, 0.6) is 5.75 Å². The molecule has 4 aromatic rings. The van der Waals surface area contributed by atoms with Crippen LogP contribution in [0, 0.1) is 6.92 Å². The lowest BCUT2D eigenvalue weighted by atomic mass is 10.0. The molecule has 0 radical (unpaired) electrons. The maximum Gasteiger partial charge on any atom is 0.258 e. The molecule has 1 unspecified atom stereocenters. The Balaban J connectivity index is 1.78. The molecule has 224 valence electrons. The van der Waals surface area contributed by atoms with Crippen LogP contribution in [0.1, 0.15) is 35.3 Å². The van der Waals surface area contributed by atoms with Crippen molar-refractivity contribution in [3.8, 4) is 5.75 Å². The zero-order valence-electron chi connectivity index (χ0n) is 25.1. The number of carbonyl (C=O) groups is 3. The predicted octanol–water partition coefficient (Wildman–Crippen LogP) is 5.84. The number of methoxy groups -OCH3 is 1. The first-order valence-electron chi connectivity index (χ1n) is 14.1. The predicted molar refractivity (Wildman–Crippen MR) is 176 cm³/mol. The van der Waals surface area contributed by atoms with Crippen molar-refractivity contribution < 1.29 is 19.1 Å². The third kappa shape index (κ3) is 7.24. The van der Waals surface area contributed by atoms with Gasteiger partial charge in [-0.15, -0.1) is 0 Å². The largest absolute Gasteiger partial charge is 0.496 e. The molecule has 0 saturated heterocycles. The number of fused-ring (bicyclic) bond motifs is 1. The first-order valence-corrected chi connectivity index (χ1v) is 14.9. The first kappa shape index (κ1) is 31.7. The minimum atomic E-state index is -0.391. The highest BCUT2D eigenvalue weighted by atomic mass is 79.9. The second-order valence-corrected chi connectivity index (χ2v) is 11.4. The van der Waals surface area contributed by atoms with E-state index in [1.54, 1.807) is 43.0 Å². The van der Waals surface area contributed by atoms with Crippen LogP contribution in [0.2, 0.25) is 0 Å². The van der Waals surface area contributed by atoms with Crippen molar-refractivity contribution in [2.45, 2.75) is 39.4 Å². The number of carbonyl (C=O) groups excluding carboxylic acids is 3. The molecule has 2 atom stereocenters. The number of amides is 3. The van der Waals surface area contributed by atoms with Crippen LogP contribution in [0.3, 0.4) is 0 Å².